The van der Waals surface area contributed by atoms with Gasteiger partial charge in [0.1, 0.15) is 6.33 Å². The van der Waals surface area contributed by atoms with E-state index in [4.69, 9.17) is 12.2 Å². The van der Waals surface area contributed by atoms with Gasteiger partial charge in [-0.25, -0.2) is 5.10 Å². The van der Waals surface area contributed by atoms with Crippen LogP contribution >= 0.6 is 12.2 Å². The second-order valence-corrected chi connectivity index (χ2v) is 1.95. The van der Waals surface area contributed by atoms with E-state index in [1.165, 1.54) is 6.33 Å². The van der Waals surface area contributed by atoms with E-state index in [9.17, 15) is 0 Å². The number of H-pyrrole nitrogens is 1. The van der Waals surface area contributed by atoms with Crippen LogP contribution in [-0.2, 0) is 0 Å². The van der Waals surface area contributed by atoms with Gasteiger partial charge in [0.05, 0.1) is 0 Å². The molecule has 10 heavy (non-hydrogen) atoms. The highest BCUT2D eigenvalue weighted by molar-refractivity contribution is 7.80. The first-order valence-electron chi connectivity index (χ1n) is 2.67. The lowest BCUT2D eigenvalue weighted by atomic mass is 10.9. The molecule has 1 aromatic rings. The Hall–Kier alpha value is -1.17. The van der Waals surface area contributed by atoms with Gasteiger partial charge in [0, 0.05) is 7.05 Å². The molecule has 6 heteroatoms. The van der Waals surface area contributed by atoms with Crippen LogP contribution in [-0.4, -0.2) is 27.3 Å². The molecule has 0 spiro atoms. The van der Waals surface area contributed by atoms with E-state index in [0.29, 0.717) is 11.1 Å². The molecule has 0 aromatic carbocycles. The maximum Gasteiger partial charge on any atom is 0.224 e. The summed E-state index contributed by atoms with van der Waals surface area (Å²) in [6.45, 7) is 0. The zero-order valence-electron chi connectivity index (χ0n) is 5.38. The van der Waals surface area contributed by atoms with Crippen LogP contribution in [0.2, 0.25) is 0 Å². The summed E-state index contributed by atoms with van der Waals surface area (Å²) in [5.41, 5.74) is 0. The quantitative estimate of drug-likeness (QED) is 0.489. The second-order valence-electron chi connectivity index (χ2n) is 1.54. The summed E-state index contributed by atoms with van der Waals surface area (Å²) in [4.78, 5) is 3.80. The first-order chi connectivity index (χ1) is 4.83. The summed E-state index contributed by atoms with van der Waals surface area (Å²) in [5, 5.41) is 12.2. The third-order valence-electron chi connectivity index (χ3n) is 0.874. The molecular formula is C4H7N5S. The lowest BCUT2D eigenvalue weighted by Gasteiger charge is -2.00. The Morgan fingerprint density at radius 1 is 1.80 bits per heavy atom. The highest BCUT2D eigenvalue weighted by atomic mass is 32.1. The van der Waals surface area contributed by atoms with Crippen molar-refractivity contribution >= 4 is 23.3 Å². The largest absolute Gasteiger partial charge is 0.365 e. The van der Waals surface area contributed by atoms with Crippen molar-refractivity contribution < 1.29 is 0 Å². The Bertz CT molecular complexity index is 205. The molecule has 1 aromatic heterocycles. The van der Waals surface area contributed by atoms with Gasteiger partial charge in [0.15, 0.2) is 5.11 Å². The summed E-state index contributed by atoms with van der Waals surface area (Å²) in [6.07, 6.45) is 1.40. The lowest BCUT2D eigenvalue weighted by molar-refractivity contribution is 1.09. The number of anilines is 1. The molecule has 0 saturated carbocycles. The van der Waals surface area contributed by atoms with Crippen LogP contribution in [0.1, 0.15) is 0 Å². The summed E-state index contributed by atoms with van der Waals surface area (Å²) < 4.78 is 0. The Morgan fingerprint density at radius 3 is 3.10 bits per heavy atom. The van der Waals surface area contributed by atoms with Gasteiger partial charge >= 0.3 is 0 Å². The number of hydrogen-bond donors (Lipinski definition) is 3. The molecule has 0 radical (unpaired) electrons. The molecule has 5 nitrogen and oxygen atoms in total. The number of aromatic nitrogens is 3. The fourth-order valence-corrected chi connectivity index (χ4v) is 0.532. The minimum atomic E-state index is 0.511. The van der Waals surface area contributed by atoms with Crippen molar-refractivity contribution in [2.24, 2.45) is 0 Å². The maximum atomic E-state index is 4.79. The van der Waals surface area contributed by atoms with Gasteiger partial charge in [0.2, 0.25) is 5.95 Å². The minimum Gasteiger partial charge on any atom is -0.365 e. The molecule has 0 atom stereocenters. The van der Waals surface area contributed by atoms with E-state index >= 15 is 0 Å². The van der Waals surface area contributed by atoms with Crippen molar-refractivity contribution in [2.45, 2.75) is 0 Å². The van der Waals surface area contributed by atoms with Gasteiger partial charge in [0.25, 0.3) is 0 Å². The second kappa shape index (κ2) is 3.11. The highest BCUT2D eigenvalue weighted by Gasteiger charge is 1.94. The van der Waals surface area contributed by atoms with Gasteiger partial charge in [-0.1, -0.05) is 0 Å². The van der Waals surface area contributed by atoms with Crippen molar-refractivity contribution in [3.05, 3.63) is 6.33 Å². The number of rotatable bonds is 1. The molecule has 0 amide bonds. The average molecular weight is 157 g/mol. The summed E-state index contributed by atoms with van der Waals surface area (Å²) >= 11 is 4.79. The van der Waals surface area contributed by atoms with Crippen molar-refractivity contribution in [3.8, 4) is 0 Å². The molecule has 0 aliphatic carbocycles. The predicted octanol–water partition coefficient (Wildman–Crippen LogP) is -0.279. The van der Waals surface area contributed by atoms with E-state index in [1.807, 2.05) is 0 Å². The van der Waals surface area contributed by atoms with Gasteiger partial charge in [-0.2, -0.15) is 10.1 Å². The number of nitrogens with one attached hydrogen (secondary N) is 3. The lowest BCUT2D eigenvalue weighted by Crippen LogP contribution is -2.24. The van der Waals surface area contributed by atoms with Gasteiger partial charge in [-0.3, -0.25) is 0 Å². The van der Waals surface area contributed by atoms with Gasteiger partial charge < -0.3 is 10.6 Å². The topological polar surface area (TPSA) is 65.6 Å². The molecule has 54 valence electrons. The SMILES string of the molecule is CNC(=S)Nc1ncn[nH]1. The van der Waals surface area contributed by atoms with Crippen LogP contribution in [0.4, 0.5) is 5.95 Å². The van der Waals surface area contributed by atoms with E-state index in [1.54, 1.807) is 7.05 Å². The van der Waals surface area contributed by atoms with Gasteiger partial charge in [-0.05, 0) is 12.2 Å². The fourth-order valence-electron chi connectivity index (χ4n) is 0.436. The van der Waals surface area contributed by atoms with E-state index < -0.39 is 0 Å². The smallest absolute Gasteiger partial charge is 0.224 e. The normalized spacial score (nSPS) is 8.90. The monoisotopic (exact) mass is 157 g/mol. The Morgan fingerprint density at radius 2 is 2.60 bits per heavy atom. The number of nitrogens with zero attached hydrogens (tertiary/aromatic N) is 2. The molecule has 0 fully saturated rings. The van der Waals surface area contributed by atoms with E-state index in [-0.39, 0.29) is 0 Å². The first-order valence-corrected chi connectivity index (χ1v) is 3.08. The Kier molecular flexibility index (Phi) is 2.16. The van der Waals surface area contributed by atoms with Crippen LogP contribution in [0.15, 0.2) is 6.33 Å². The van der Waals surface area contributed by atoms with Crippen LogP contribution < -0.4 is 10.6 Å². The molecule has 0 saturated heterocycles. The fraction of sp³-hybridized carbons (Fsp3) is 0.250. The third-order valence-corrected chi connectivity index (χ3v) is 1.18. The highest BCUT2D eigenvalue weighted by Crippen LogP contribution is 1.90. The van der Waals surface area contributed by atoms with Crippen molar-refractivity contribution in [1.29, 1.82) is 0 Å². The van der Waals surface area contributed by atoms with E-state index in [0.717, 1.165) is 0 Å². The summed E-state index contributed by atoms with van der Waals surface area (Å²) in [6, 6.07) is 0. The zero-order valence-corrected chi connectivity index (χ0v) is 6.20. The summed E-state index contributed by atoms with van der Waals surface area (Å²) in [5.74, 6) is 0.541. The number of hydrogen-bond acceptors (Lipinski definition) is 3. The minimum absolute atomic E-state index is 0.511. The van der Waals surface area contributed by atoms with Crippen LogP contribution in [0.5, 0.6) is 0 Å². The van der Waals surface area contributed by atoms with Crippen molar-refractivity contribution in [3.63, 3.8) is 0 Å². The van der Waals surface area contributed by atoms with Crippen LogP contribution in [0.3, 0.4) is 0 Å². The number of thiocarbonyl (C=S) groups is 1. The Labute approximate surface area is 63.2 Å². The molecular weight excluding hydrogens is 150 g/mol. The molecule has 1 heterocycles. The molecule has 1 rings (SSSR count). The molecule has 0 aliphatic heterocycles. The predicted molar refractivity (Wildman–Crippen MR) is 41.7 cm³/mol. The van der Waals surface area contributed by atoms with Crippen molar-refractivity contribution in [1.82, 2.24) is 20.5 Å². The molecule has 0 unspecified atom stereocenters. The van der Waals surface area contributed by atoms with Gasteiger partial charge in [-0.15, -0.1) is 0 Å². The molecule has 0 aliphatic rings. The third kappa shape index (κ3) is 1.66. The van der Waals surface area contributed by atoms with E-state index in [2.05, 4.69) is 25.8 Å². The molecule has 3 N–H and O–H groups in total. The average Bonchev–Trinajstić information content (AvgIpc) is 2.40. The van der Waals surface area contributed by atoms with Crippen LogP contribution in [0, 0.1) is 0 Å². The summed E-state index contributed by atoms with van der Waals surface area (Å²) in [7, 11) is 1.73. The number of aromatic amines is 1. The molecule has 0 bridgehead atoms. The zero-order chi connectivity index (χ0) is 7.40. The van der Waals surface area contributed by atoms with Crippen LogP contribution in [0.25, 0.3) is 0 Å². The first kappa shape index (κ1) is 6.94. The standard InChI is InChI=1S/C4H7N5S/c1-5-4(10)8-3-6-2-7-9-3/h2H,1H3,(H3,5,6,7,8,9,10). The maximum absolute atomic E-state index is 4.79. The van der Waals surface area contributed by atoms with Crippen molar-refractivity contribution in [2.75, 3.05) is 12.4 Å². The Balaban J connectivity index is 2.48.